The Labute approximate surface area is 99.8 Å². The van der Waals surface area contributed by atoms with Crippen LogP contribution < -0.4 is 5.73 Å². The molecule has 0 aliphatic heterocycles. The van der Waals surface area contributed by atoms with E-state index < -0.39 is 0 Å². The number of nitrogens with two attached hydrogens (primary N) is 1. The van der Waals surface area contributed by atoms with Crippen LogP contribution in [0, 0.1) is 19.8 Å². The Morgan fingerprint density at radius 1 is 1.25 bits per heavy atom. The number of unbranched alkanes of at least 4 members (excludes halogenated alkanes) is 1. The molecule has 0 bridgehead atoms. The maximum Gasteiger partial charge on any atom is 0.0247 e. The van der Waals surface area contributed by atoms with Crippen molar-refractivity contribution in [3.8, 4) is 0 Å². The summed E-state index contributed by atoms with van der Waals surface area (Å²) in [4.78, 5) is 0. The molecule has 0 aromatic carbocycles. The molecule has 0 saturated carbocycles. The molecular weight excluding hydrogens is 196 g/mol. The van der Waals surface area contributed by atoms with Crippen molar-refractivity contribution in [1.82, 2.24) is 4.57 Å². The zero-order valence-corrected chi connectivity index (χ0v) is 11.2. The molecule has 0 saturated heterocycles. The van der Waals surface area contributed by atoms with Crippen LogP contribution in [-0.4, -0.2) is 11.1 Å². The van der Waals surface area contributed by atoms with Crippen molar-refractivity contribution in [2.24, 2.45) is 11.7 Å². The molecule has 0 aliphatic rings. The molecule has 1 aromatic heterocycles. The third-order valence-corrected chi connectivity index (χ3v) is 3.13. The second-order valence-electron chi connectivity index (χ2n) is 5.15. The summed E-state index contributed by atoms with van der Waals surface area (Å²) in [7, 11) is 0. The van der Waals surface area contributed by atoms with Gasteiger partial charge in [0, 0.05) is 17.9 Å². The van der Waals surface area contributed by atoms with Gasteiger partial charge in [0.1, 0.15) is 0 Å². The number of hydrogen-bond donors (Lipinski definition) is 1. The first-order valence-electron chi connectivity index (χ1n) is 6.42. The van der Waals surface area contributed by atoms with Gasteiger partial charge in [0.15, 0.2) is 0 Å². The molecule has 0 amide bonds. The molecule has 0 radical (unpaired) electrons. The van der Waals surface area contributed by atoms with E-state index in [1.54, 1.807) is 0 Å². The molecule has 0 atom stereocenters. The van der Waals surface area contributed by atoms with Crippen LogP contribution >= 0.6 is 0 Å². The van der Waals surface area contributed by atoms with Crippen LogP contribution in [0.4, 0.5) is 0 Å². The second-order valence-corrected chi connectivity index (χ2v) is 5.15. The Balaban J connectivity index is 2.72. The SMILES string of the molecule is Cc1cc(CCCCN)c(C)n1CC(C)C. The molecule has 1 aromatic rings. The molecule has 0 aliphatic carbocycles. The zero-order valence-electron chi connectivity index (χ0n) is 11.2. The van der Waals surface area contributed by atoms with Gasteiger partial charge in [-0.1, -0.05) is 13.8 Å². The van der Waals surface area contributed by atoms with E-state index in [0.717, 1.165) is 19.5 Å². The highest BCUT2D eigenvalue weighted by Gasteiger charge is 2.09. The normalized spacial score (nSPS) is 11.4. The van der Waals surface area contributed by atoms with Gasteiger partial charge in [-0.2, -0.15) is 0 Å². The standard InChI is InChI=1S/C14H26N2/c1-11(2)10-16-12(3)9-14(13(16)4)7-5-6-8-15/h9,11H,5-8,10,15H2,1-4H3. The molecule has 0 fully saturated rings. The Bertz CT molecular complexity index is 324. The molecule has 16 heavy (non-hydrogen) atoms. The van der Waals surface area contributed by atoms with Crippen LogP contribution in [0.25, 0.3) is 0 Å². The van der Waals surface area contributed by atoms with Gasteiger partial charge in [-0.05, 0) is 57.2 Å². The topological polar surface area (TPSA) is 30.9 Å². The number of hydrogen-bond acceptors (Lipinski definition) is 1. The van der Waals surface area contributed by atoms with Crippen LogP contribution in [0.3, 0.4) is 0 Å². The van der Waals surface area contributed by atoms with Crippen molar-refractivity contribution in [1.29, 1.82) is 0 Å². The fraction of sp³-hybridized carbons (Fsp3) is 0.714. The highest BCUT2D eigenvalue weighted by atomic mass is 15.0. The summed E-state index contributed by atoms with van der Waals surface area (Å²) < 4.78 is 2.45. The summed E-state index contributed by atoms with van der Waals surface area (Å²) in [6, 6.07) is 2.34. The predicted molar refractivity (Wildman–Crippen MR) is 70.7 cm³/mol. The van der Waals surface area contributed by atoms with Crippen LogP contribution in [0.1, 0.15) is 43.6 Å². The van der Waals surface area contributed by atoms with E-state index in [2.05, 4.69) is 38.3 Å². The molecule has 2 N–H and O–H groups in total. The van der Waals surface area contributed by atoms with Crippen molar-refractivity contribution in [3.63, 3.8) is 0 Å². The first-order valence-corrected chi connectivity index (χ1v) is 6.42. The van der Waals surface area contributed by atoms with Crippen molar-refractivity contribution >= 4 is 0 Å². The Kier molecular flexibility index (Phi) is 5.07. The molecule has 1 rings (SSSR count). The van der Waals surface area contributed by atoms with E-state index in [-0.39, 0.29) is 0 Å². The van der Waals surface area contributed by atoms with Gasteiger partial charge in [0.2, 0.25) is 0 Å². The van der Waals surface area contributed by atoms with Crippen molar-refractivity contribution in [3.05, 3.63) is 23.0 Å². The van der Waals surface area contributed by atoms with E-state index in [1.165, 1.54) is 29.8 Å². The molecule has 0 unspecified atom stereocenters. The maximum atomic E-state index is 5.53. The van der Waals surface area contributed by atoms with Gasteiger partial charge >= 0.3 is 0 Å². The van der Waals surface area contributed by atoms with E-state index in [1.807, 2.05) is 0 Å². The van der Waals surface area contributed by atoms with E-state index in [9.17, 15) is 0 Å². The third-order valence-electron chi connectivity index (χ3n) is 3.13. The highest BCUT2D eigenvalue weighted by molar-refractivity contribution is 5.26. The molecule has 92 valence electrons. The second kappa shape index (κ2) is 6.09. The fourth-order valence-electron chi connectivity index (χ4n) is 2.23. The molecular formula is C14H26N2. The highest BCUT2D eigenvalue weighted by Crippen LogP contribution is 2.18. The van der Waals surface area contributed by atoms with Crippen molar-refractivity contribution < 1.29 is 0 Å². The van der Waals surface area contributed by atoms with Crippen LogP contribution in [-0.2, 0) is 13.0 Å². The number of rotatable bonds is 6. The molecule has 2 nitrogen and oxygen atoms in total. The summed E-state index contributed by atoms with van der Waals surface area (Å²) in [5, 5.41) is 0. The summed E-state index contributed by atoms with van der Waals surface area (Å²) in [5.41, 5.74) is 9.88. The minimum atomic E-state index is 0.710. The average molecular weight is 222 g/mol. The lowest BCUT2D eigenvalue weighted by molar-refractivity contribution is 0.508. The van der Waals surface area contributed by atoms with Crippen molar-refractivity contribution in [2.75, 3.05) is 6.54 Å². The zero-order chi connectivity index (χ0) is 12.1. The molecule has 0 spiro atoms. The van der Waals surface area contributed by atoms with Gasteiger partial charge in [-0.15, -0.1) is 0 Å². The maximum absolute atomic E-state index is 5.53. The Morgan fingerprint density at radius 2 is 1.94 bits per heavy atom. The quantitative estimate of drug-likeness (QED) is 0.737. The van der Waals surface area contributed by atoms with Crippen LogP contribution in [0.15, 0.2) is 6.07 Å². The monoisotopic (exact) mass is 222 g/mol. The van der Waals surface area contributed by atoms with Gasteiger partial charge in [0.25, 0.3) is 0 Å². The minimum Gasteiger partial charge on any atom is -0.349 e. The van der Waals surface area contributed by atoms with Crippen LogP contribution in [0.2, 0.25) is 0 Å². The van der Waals surface area contributed by atoms with Gasteiger partial charge in [0.05, 0.1) is 0 Å². The summed E-state index contributed by atoms with van der Waals surface area (Å²) in [6.45, 7) is 10.9. The fourth-order valence-corrected chi connectivity index (χ4v) is 2.23. The summed E-state index contributed by atoms with van der Waals surface area (Å²) in [5.74, 6) is 0.710. The van der Waals surface area contributed by atoms with E-state index in [0.29, 0.717) is 5.92 Å². The lowest BCUT2D eigenvalue weighted by Crippen LogP contribution is -2.08. The van der Waals surface area contributed by atoms with Gasteiger partial charge in [-0.3, -0.25) is 0 Å². The number of nitrogens with zero attached hydrogens (tertiary/aromatic N) is 1. The lowest BCUT2D eigenvalue weighted by atomic mass is 10.1. The number of aryl methyl sites for hydroxylation is 2. The van der Waals surface area contributed by atoms with Crippen LogP contribution in [0.5, 0.6) is 0 Å². The minimum absolute atomic E-state index is 0.710. The van der Waals surface area contributed by atoms with E-state index >= 15 is 0 Å². The Hall–Kier alpha value is -0.760. The lowest BCUT2D eigenvalue weighted by Gasteiger charge is -2.12. The summed E-state index contributed by atoms with van der Waals surface area (Å²) in [6.07, 6.45) is 3.52. The first-order chi connectivity index (χ1) is 7.56. The smallest absolute Gasteiger partial charge is 0.0247 e. The molecule has 2 heteroatoms. The van der Waals surface area contributed by atoms with Crippen molar-refractivity contribution in [2.45, 2.75) is 53.5 Å². The first kappa shape index (κ1) is 13.3. The van der Waals surface area contributed by atoms with E-state index in [4.69, 9.17) is 5.73 Å². The van der Waals surface area contributed by atoms with Gasteiger partial charge < -0.3 is 10.3 Å². The largest absolute Gasteiger partial charge is 0.349 e. The number of aromatic nitrogens is 1. The Morgan fingerprint density at radius 3 is 2.50 bits per heavy atom. The summed E-state index contributed by atoms with van der Waals surface area (Å²) >= 11 is 0. The molecule has 1 heterocycles. The average Bonchev–Trinajstić information content (AvgIpc) is 2.46. The predicted octanol–water partition coefficient (Wildman–Crippen LogP) is 3.04. The third kappa shape index (κ3) is 3.38. The van der Waals surface area contributed by atoms with Gasteiger partial charge in [-0.25, -0.2) is 0 Å².